The molecule has 0 fully saturated rings. The van der Waals surface area contributed by atoms with E-state index in [0.29, 0.717) is 12.4 Å². The van der Waals surface area contributed by atoms with Gasteiger partial charge in [-0.05, 0) is 30.7 Å². The summed E-state index contributed by atoms with van der Waals surface area (Å²) in [5.74, 6) is 1.08. The Morgan fingerprint density at radius 2 is 2.25 bits per heavy atom. The fourth-order valence-electron chi connectivity index (χ4n) is 1.37. The third-order valence-electron chi connectivity index (χ3n) is 2.10. The van der Waals surface area contributed by atoms with Crippen LogP contribution in [0.4, 0.5) is 0 Å². The summed E-state index contributed by atoms with van der Waals surface area (Å²) >= 11 is 0. The quantitative estimate of drug-likeness (QED) is 0.577. The highest BCUT2D eigenvalue weighted by molar-refractivity contribution is 5.87. The fourth-order valence-corrected chi connectivity index (χ4v) is 1.37. The SMILES string of the molecule is CCOC(=O)/C=C/c1ccc2c(c1)OCO2. The first-order valence-electron chi connectivity index (χ1n) is 5.04. The summed E-state index contributed by atoms with van der Waals surface area (Å²) in [6.07, 6.45) is 3.07. The Balaban J connectivity index is 2.08. The van der Waals surface area contributed by atoms with Crippen LogP contribution in [0.15, 0.2) is 24.3 Å². The van der Waals surface area contributed by atoms with Gasteiger partial charge in [0.1, 0.15) is 0 Å². The van der Waals surface area contributed by atoms with Crippen LogP contribution >= 0.6 is 0 Å². The van der Waals surface area contributed by atoms with Gasteiger partial charge < -0.3 is 14.2 Å². The van der Waals surface area contributed by atoms with Crippen LogP contribution in [-0.2, 0) is 9.53 Å². The lowest BCUT2D eigenvalue weighted by Crippen LogP contribution is -1.98. The molecule has 0 amide bonds. The van der Waals surface area contributed by atoms with Crippen molar-refractivity contribution >= 4 is 12.0 Å². The van der Waals surface area contributed by atoms with Crippen molar-refractivity contribution in [3.05, 3.63) is 29.8 Å². The monoisotopic (exact) mass is 220 g/mol. The summed E-state index contributed by atoms with van der Waals surface area (Å²) in [5.41, 5.74) is 0.873. The Labute approximate surface area is 93.4 Å². The maximum absolute atomic E-state index is 11.1. The van der Waals surface area contributed by atoms with Gasteiger partial charge in [0.2, 0.25) is 6.79 Å². The zero-order valence-electron chi connectivity index (χ0n) is 8.93. The molecule has 4 nitrogen and oxygen atoms in total. The van der Waals surface area contributed by atoms with Crippen molar-refractivity contribution in [1.29, 1.82) is 0 Å². The molecule has 0 saturated carbocycles. The predicted molar refractivity (Wildman–Crippen MR) is 58.2 cm³/mol. The summed E-state index contributed by atoms with van der Waals surface area (Å²) in [6.45, 7) is 2.40. The molecule has 0 aliphatic carbocycles. The largest absolute Gasteiger partial charge is 0.463 e. The number of fused-ring (bicyclic) bond motifs is 1. The van der Waals surface area contributed by atoms with Gasteiger partial charge in [0.15, 0.2) is 11.5 Å². The smallest absolute Gasteiger partial charge is 0.330 e. The van der Waals surface area contributed by atoms with Crippen molar-refractivity contribution in [3.8, 4) is 11.5 Å². The van der Waals surface area contributed by atoms with E-state index >= 15 is 0 Å². The molecule has 1 aromatic rings. The van der Waals surface area contributed by atoms with Gasteiger partial charge in [-0.1, -0.05) is 6.07 Å². The highest BCUT2D eigenvalue weighted by atomic mass is 16.7. The van der Waals surface area contributed by atoms with Crippen LogP contribution in [0.5, 0.6) is 11.5 Å². The Bertz CT molecular complexity index is 423. The van der Waals surface area contributed by atoms with Crippen molar-refractivity contribution in [2.24, 2.45) is 0 Å². The fraction of sp³-hybridized carbons (Fsp3) is 0.250. The first-order valence-corrected chi connectivity index (χ1v) is 5.04. The zero-order chi connectivity index (χ0) is 11.4. The minimum Gasteiger partial charge on any atom is -0.463 e. The van der Waals surface area contributed by atoms with Gasteiger partial charge >= 0.3 is 5.97 Å². The number of hydrogen-bond donors (Lipinski definition) is 0. The molecule has 0 spiro atoms. The normalized spacial score (nSPS) is 13.1. The molecule has 84 valence electrons. The molecule has 1 heterocycles. The highest BCUT2D eigenvalue weighted by Crippen LogP contribution is 2.32. The van der Waals surface area contributed by atoms with E-state index < -0.39 is 0 Å². The molecule has 1 aromatic carbocycles. The summed E-state index contributed by atoms with van der Waals surface area (Å²) in [6, 6.07) is 5.48. The third-order valence-corrected chi connectivity index (χ3v) is 2.10. The molecule has 0 N–H and O–H groups in total. The van der Waals surface area contributed by atoms with E-state index in [4.69, 9.17) is 14.2 Å². The second-order valence-corrected chi connectivity index (χ2v) is 3.20. The molecule has 0 radical (unpaired) electrons. The Kier molecular flexibility index (Phi) is 3.10. The standard InChI is InChI=1S/C12H12O4/c1-2-14-12(13)6-4-9-3-5-10-11(7-9)16-8-15-10/h3-7H,2,8H2,1H3/b6-4+. The summed E-state index contributed by atoms with van der Waals surface area (Å²) in [7, 11) is 0. The highest BCUT2D eigenvalue weighted by Gasteiger charge is 2.12. The second-order valence-electron chi connectivity index (χ2n) is 3.20. The van der Waals surface area contributed by atoms with Crippen LogP contribution in [0.3, 0.4) is 0 Å². The van der Waals surface area contributed by atoms with Crippen LogP contribution in [-0.4, -0.2) is 19.4 Å². The number of hydrogen-bond acceptors (Lipinski definition) is 4. The van der Waals surface area contributed by atoms with Gasteiger partial charge in [0.05, 0.1) is 6.61 Å². The first kappa shape index (κ1) is 10.5. The minimum absolute atomic E-state index is 0.250. The molecule has 0 aromatic heterocycles. The van der Waals surface area contributed by atoms with Crippen molar-refractivity contribution < 1.29 is 19.0 Å². The minimum atomic E-state index is -0.347. The third kappa shape index (κ3) is 2.34. The van der Waals surface area contributed by atoms with Crippen LogP contribution in [0.25, 0.3) is 6.08 Å². The number of benzene rings is 1. The average molecular weight is 220 g/mol. The van der Waals surface area contributed by atoms with Crippen molar-refractivity contribution in [2.45, 2.75) is 6.92 Å². The van der Waals surface area contributed by atoms with Gasteiger partial charge in [-0.3, -0.25) is 0 Å². The molecule has 0 bridgehead atoms. The number of esters is 1. The van der Waals surface area contributed by atoms with Crippen molar-refractivity contribution in [1.82, 2.24) is 0 Å². The predicted octanol–water partition coefficient (Wildman–Crippen LogP) is 1.99. The van der Waals surface area contributed by atoms with Crippen LogP contribution < -0.4 is 9.47 Å². The Hall–Kier alpha value is -1.97. The molecule has 1 aliphatic rings. The summed E-state index contributed by atoms with van der Waals surface area (Å²) < 4.78 is 15.2. The van der Waals surface area contributed by atoms with Crippen LogP contribution in [0.2, 0.25) is 0 Å². The molecule has 2 rings (SSSR count). The maximum atomic E-state index is 11.1. The molecule has 0 atom stereocenters. The van der Waals surface area contributed by atoms with Crippen molar-refractivity contribution in [3.63, 3.8) is 0 Å². The van der Waals surface area contributed by atoms with E-state index in [-0.39, 0.29) is 12.8 Å². The van der Waals surface area contributed by atoms with E-state index in [1.165, 1.54) is 6.08 Å². The number of rotatable bonds is 3. The van der Waals surface area contributed by atoms with Gasteiger partial charge in [0.25, 0.3) is 0 Å². The number of carbonyl (C=O) groups excluding carboxylic acids is 1. The van der Waals surface area contributed by atoms with E-state index in [1.54, 1.807) is 13.0 Å². The van der Waals surface area contributed by atoms with E-state index in [0.717, 1.165) is 11.3 Å². The first-order chi connectivity index (χ1) is 7.79. The molecule has 16 heavy (non-hydrogen) atoms. The summed E-state index contributed by atoms with van der Waals surface area (Å²) in [4.78, 5) is 11.1. The zero-order valence-corrected chi connectivity index (χ0v) is 8.93. The van der Waals surface area contributed by atoms with Crippen LogP contribution in [0.1, 0.15) is 12.5 Å². The number of carbonyl (C=O) groups is 1. The van der Waals surface area contributed by atoms with E-state index in [9.17, 15) is 4.79 Å². The topological polar surface area (TPSA) is 44.8 Å². The lowest BCUT2D eigenvalue weighted by molar-refractivity contribution is -0.137. The lowest BCUT2D eigenvalue weighted by Gasteiger charge is -1.98. The van der Waals surface area contributed by atoms with Gasteiger partial charge in [0, 0.05) is 6.08 Å². The Morgan fingerprint density at radius 3 is 3.06 bits per heavy atom. The molecular weight excluding hydrogens is 208 g/mol. The average Bonchev–Trinajstić information content (AvgIpc) is 2.74. The van der Waals surface area contributed by atoms with Crippen LogP contribution in [0, 0.1) is 0 Å². The molecular formula is C12H12O4. The van der Waals surface area contributed by atoms with E-state index in [1.807, 2.05) is 18.2 Å². The van der Waals surface area contributed by atoms with Gasteiger partial charge in [-0.2, -0.15) is 0 Å². The summed E-state index contributed by atoms with van der Waals surface area (Å²) in [5, 5.41) is 0. The second kappa shape index (κ2) is 4.70. The molecule has 0 unspecified atom stereocenters. The van der Waals surface area contributed by atoms with Crippen molar-refractivity contribution in [2.75, 3.05) is 13.4 Å². The molecule has 1 aliphatic heterocycles. The Morgan fingerprint density at radius 1 is 1.44 bits per heavy atom. The van der Waals surface area contributed by atoms with Gasteiger partial charge in [-0.15, -0.1) is 0 Å². The lowest BCUT2D eigenvalue weighted by atomic mass is 10.2. The molecule has 0 saturated heterocycles. The van der Waals surface area contributed by atoms with Gasteiger partial charge in [-0.25, -0.2) is 4.79 Å². The maximum Gasteiger partial charge on any atom is 0.330 e. The molecule has 4 heteroatoms. The van der Waals surface area contributed by atoms with E-state index in [2.05, 4.69) is 0 Å². The number of ether oxygens (including phenoxy) is 3.